The highest BCUT2D eigenvalue weighted by molar-refractivity contribution is 7.90. The number of halogens is 3. The molecular formula is C10H10F3NO4S. The van der Waals surface area contributed by atoms with Crippen molar-refractivity contribution in [2.45, 2.75) is 18.0 Å². The van der Waals surface area contributed by atoms with Gasteiger partial charge in [-0.05, 0) is 5.56 Å². The third-order valence-electron chi connectivity index (χ3n) is 2.18. The maximum absolute atomic E-state index is 12.2. The van der Waals surface area contributed by atoms with Gasteiger partial charge in [-0.25, -0.2) is 8.42 Å². The Labute approximate surface area is 107 Å². The molecule has 0 aliphatic rings. The molecule has 0 spiro atoms. The first-order valence-corrected chi connectivity index (χ1v) is 6.47. The number of hydrogen-bond acceptors (Lipinski definition) is 3. The van der Waals surface area contributed by atoms with E-state index in [4.69, 9.17) is 5.11 Å². The van der Waals surface area contributed by atoms with Crippen LogP contribution in [0.1, 0.15) is 18.0 Å². The zero-order valence-electron chi connectivity index (χ0n) is 9.39. The molecule has 0 heterocycles. The number of carbonyl (C=O) groups is 1. The van der Waals surface area contributed by atoms with Crippen molar-refractivity contribution in [1.82, 2.24) is 4.72 Å². The van der Waals surface area contributed by atoms with Crippen LogP contribution in [-0.2, 0) is 14.8 Å². The molecule has 0 aliphatic heterocycles. The molecule has 1 aromatic rings. The van der Waals surface area contributed by atoms with Crippen molar-refractivity contribution in [3.63, 3.8) is 0 Å². The van der Waals surface area contributed by atoms with E-state index in [0.717, 1.165) is 0 Å². The van der Waals surface area contributed by atoms with Gasteiger partial charge in [-0.15, -0.1) is 0 Å². The van der Waals surface area contributed by atoms with Gasteiger partial charge in [0.05, 0.1) is 12.5 Å². The Kier molecular flexibility index (Phi) is 4.53. The Hall–Kier alpha value is -1.61. The van der Waals surface area contributed by atoms with E-state index in [2.05, 4.69) is 0 Å². The fraction of sp³-hybridized carbons (Fsp3) is 0.300. The van der Waals surface area contributed by atoms with Gasteiger partial charge in [0.2, 0.25) is 0 Å². The molecule has 1 rings (SSSR count). The lowest BCUT2D eigenvalue weighted by molar-refractivity contribution is -0.137. The van der Waals surface area contributed by atoms with E-state index in [1.807, 2.05) is 0 Å². The van der Waals surface area contributed by atoms with Crippen LogP contribution in [0.5, 0.6) is 0 Å². The van der Waals surface area contributed by atoms with Crippen molar-refractivity contribution in [2.75, 3.05) is 0 Å². The third-order valence-corrected chi connectivity index (χ3v) is 3.39. The third kappa shape index (κ3) is 4.21. The van der Waals surface area contributed by atoms with E-state index in [1.165, 1.54) is 29.0 Å². The standard InChI is InChI=1S/C10H10F3NO4S/c11-10(12,13)19(17,18)14-8(6-9(15)16)7-4-2-1-3-5-7/h1-5,8,14H,6H2,(H,15,16). The lowest BCUT2D eigenvalue weighted by Gasteiger charge is -2.18. The maximum Gasteiger partial charge on any atom is 0.511 e. The molecule has 9 heteroatoms. The molecule has 0 saturated heterocycles. The van der Waals surface area contributed by atoms with Gasteiger partial charge in [-0.2, -0.15) is 17.9 Å². The van der Waals surface area contributed by atoms with Crippen LogP contribution in [0.25, 0.3) is 0 Å². The number of benzene rings is 1. The maximum atomic E-state index is 12.2. The molecule has 0 bridgehead atoms. The summed E-state index contributed by atoms with van der Waals surface area (Å²) in [6.07, 6.45) is -0.792. The van der Waals surface area contributed by atoms with Crippen LogP contribution in [0.4, 0.5) is 13.2 Å². The summed E-state index contributed by atoms with van der Waals surface area (Å²) < 4.78 is 60.1. The van der Waals surface area contributed by atoms with E-state index in [1.54, 1.807) is 6.07 Å². The Morgan fingerprint density at radius 3 is 2.21 bits per heavy atom. The van der Waals surface area contributed by atoms with Gasteiger partial charge < -0.3 is 5.11 Å². The van der Waals surface area contributed by atoms with Gasteiger partial charge in [0, 0.05) is 0 Å². The Balaban J connectivity index is 3.04. The van der Waals surface area contributed by atoms with Gasteiger partial charge in [0.25, 0.3) is 0 Å². The Bertz CT molecular complexity index is 542. The second kappa shape index (κ2) is 5.57. The zero-order valence-corrected chi connectivity index (χ0v) is 10.2. The van der Waals surface area contributed by atoms with E-state index < -0.39 is 34.0 Å². The molecular weight excluding hydrogens is 287 g/mol. The average Bonchev–Trinajstić information content (AvgIpc) is 2.27. The van der Waals surface area contributed by atoms with Crippen molar-refractivity contribution < 1.29 is 31.5 Å². The number of carboxylic acids is 1. The summed E-state index contributed by atoms with van der Waals surface area (Å²) in [5.74, 6) is -1.42. The first kappa shape index (κ1) is 15.4. The highest BCUT2D eigenvalue weighted by Crippen LogP contribution is 2.26. The lowest BCUT2D eigenvalue weighted by Crippen LogP contribution is -2.39. The van der Waals surface area contributed by atoms with Crippen molar-refractivity contribution >= 4 is 16.0 Å². The summed E-state index contributed by atoms with van der Waals surface area (Å²) >= 11 is 0. The van der Waals surface area contributed by atoms with Gasteiger partial charge in [-0.3, -0.25) is 4.79 Å². The minimum Gasteiger partial charge on any atom is -0.481 e. The number of aliphatic carboxylic acids is 1. The van der Waals surface area contributed by atoms with Crippen molar-refractivity contribution in [2.24, 2.45) is 0 Å². The molecule has 106 valence electrons. The smallest absolute Gasteiger partial charge is 0.481 e. The van der Waals surface area contributed by atoms with E-state index in [0.29, 0.717) is 0 Å². The molecule has 2 N–H and O–H groups in total. The summed E-state index contributed by atoms with van der Waals surface area (Å²) in [6, 6.07) is 5.70. The van der Waals surface area contributed by atoms with Crippen LogP contribution in [0.15, 0.2) is 30.3 Å². The molecule has 0 fully saturated rings. The highest BCUT2D eigenvalue weighted by Gasteiger charge is 2.47. The molecule has 1 unspecified atom stereocenters. The van der Waals surface area contributed by atoms with Crippen LogP contribution < -0.4 is 4.72 Å². The second-order valence-electron chi connectivity index (χ2n) is 3.63. The number of nitrogens with one attached hydrogen (secondary N) is 1. The van der Waals surface area contributed by atoms with E-state index in [9.17, 15) is 26.4 Å². The molecule has 1 aromatic carbocycles. The van der Waals surface area contributed by atoms with Crippen LogP contribution in [0.3, 0.4) is 0 Å². The molecule has 0 amide bonds. The fourth-order valence-corrected chi connectivity index (χ4v) is 2.07. The Morgan fingerprint density at radius 1 is 1.26 bits per heavy atom. The van der Waals surface area contributed by atoms with Gasteiger partial charge in [0.15, 0.2) is 0 Å². The summed E-state index contributed by atoms with van der Waals surface area (Å²) in [5.41, 5.74) is -5.35. The van der Waals surface area contributed by atoms with E-state index in [-0.39, 0.29) is 5.56 Å². The molecule has 0 aliphatic carbocycles. The van der Waals surface area contributed by atoms with Gasteiger partial charge in [0.1, 0.15) is 0 Å². The number of hydrogen-bond donors (Lipinski definition) is 2. The predicted octanol–water partition coefficient (Wildman–Crippen LogP) is 1.64. The van der Waals surface area contributed by atoms with E-state index >= 15 is 0 Å². The average molecular weight is 297 g/mol. The van der Waals surface area contributed by atoms with Crippen molar-refractivity contribution in [1.29, 1.82) is 0 Å². The van der Waals surface area contributed by atoms with Crippen LogP contribution in [0.2, 0.25) is 0 Å². The molecule has 0 aromatic heterocycles. The molecule has 0 saturated carbocycles. The molecule has 5 nitrogen and oxygen atoms in total. The van der Waals surface area contributed by atoms with Crippen molar-refractivity contribution in [3.05, 3.63) is 35.9 Å². The number of rotatable bonds is 5. The number of sulfonamides is 1. The first-order valence-electron chi connectivity index (χ1n) is 4.99. The molecule has 1 atom stereocenters. The summed E-state index contributed by atoms with van der Waals surface area (Å²) in [4.78, 5) is 10.6. The SMILES string of the molecule is O=C(O)CC(NS(=O)(=O)C(F)(F)F)c1ccccc1. The summed E-state index contributed by atoms with van der Waals surface area (Å²) in [5, 5.41) is 8.63. The monoisotopic (exact) mass is 297 g/mol. The topological polar surface area (TPSA) is 83.5 Å². The lowest BCUT2D eigenvalue weighted by atomic mass is 10.1. The van der Waals surface area contributed by atoms with Crippen LogP contribution in [0, 0.1) is 0 Å². The van der Waals surface area contributed by atoms with Gasteiger partial charge in [-0.1, -0.05) is 30.3 Å². The quantitative estimate of drug-likeness (QED) is 0.865. The summed E-state index contributed by atoms with van der Waals surface area (Å²) in [6.45, 7) is 0. The zero-order chi connectivity index (χ0) is 14.7. The first-order chi connectivity index (χ1) is 8.63. The minimum atomic E-state index is -5.60. The van der Waals surface area contributed by atoms with Crippen molar-refractivity contribution in [3.8, 4) is 0 Å². The van der Waals surface area contributed by atoms with Crippen LogP contribution >= 0.6 is 0 Å². The Morgan fingerprint density at radius 2 is 1.79 bits per heavy atom. The molecule has 0 radical (unpaired) electrons. The number of alkyl halides is 3. The largest absolute Gasteiger partial charge is 0.511 e. The summed E-state index contributed by atoms with van der Waals surface area (Å²) in [7, 11) is -5.60. The van der Waals surface area contributed by atoms with Gasteiger partial charge >= 0.3 is 21.5 Å². The molecule has 19 heavy (non-hydrogen) atoms. The fourth-order valence-electron chi connectivity index (χ4n) is 1.34. The van der Waals surface area contributed by atoms with Crippen LogP contribution in [-0.4, -0.2) is 25.0 Å². The highest BCUT2D eigenvalue weighted by atomic mass is 32.2. The predicted molar refractivity (Wildman–Crippen MR) is 59.5 cm³/mol. The number of carboxylic acid groups (broad SMARTS) is 1. The second-order valence-corrected chi connectivity index (χ2v) is 5.33. The minimum absolute atomic E-state index is 0.137. The normalized spacial score (nSPS) is 14.1.